The third-order valence-electron chi connectivity index (χ3n) is 3.29. The fraction of sp³-hybridized carbons (Fsp3) is 0.833. The number of carboxylic acids is 1. The lowest BCUT2D eigenvalue weighted by Gasteiger charge is -2.27. The first kappa shape index (κ1) is 14.0. The third kappa shape index (κ3) is 4.73. The Hall–Kier alpha value is -1.10. The molecule has 3 N–H and O–H groups in total. The number of aliphatic carboxylic acids is 1. The molecule has 1 aliphatic heterocycles. The molecule has 5 nitrogen and oxygen atoms in total. The zero-order valence-electron chi connectivity index (χ0n) is 10.5. The van der Waals surface area contributed by atoms with Crippen molar-refractivity contribution in [3.63, 3.8) is 0 Å². The Morgan fingerprint density at radius 3 is 2.82 bits per heavy atom. The smallest absolute Gasteiger partial charge is 0.306 e. The second-order valence-corrected chi connectivity index (χ2v) is 4.90. The molecule has 0 spiro atoms. The first-order chi connectivity index (χ1) is 8.00. The minimum Gasteiger partial charge on any atom is -0.481 e. The minimum atomic E-state index is -0.810. The molecule has 1 aliphatic rings. The van der Waals surface area contributed by atoms with E-state index >= 15 is 0 Å². The summed E-state index contributed by atoms with van der Waals surface area (Å²) in [6, 6.07) is 0.387. The molecule has 0 aliphatic carbocycles. The van der Waals surface area contributed by atoms with Crippen molar-refractivity contribution in [1.82, 2.24) is 10.6 Å². The molecular formula is C12H22N2O3. The number of carbonyl (C=O) groups excluding carboxylic acids is 1. The largest absolute Gasteiger partial charge is 0.481 e. The summed E-state index contributed by atoms with van der Waals surface area (Å²) in [6.45, 7) is 5.06. The third-order valence-corrected chi connectivity index (χ3v) is 3.29. The highest BCUT2D eigenvalue weighted by Crippen LogP contribution is 2.15. The monoisotopic (exact) mass is 242 g/mol. The standard InChI is InChI=1S/C12H22N2O3/c1-8(12(16)17)3-5-14-11(15)10-4-6-13-9(2)7-10/h8-10,13H,3-7H2,1-2H3,(H,14,15)(H,16,17). The summed E-state index contributed by atoms with van der Waals surface area (Å²) in [7, 11) is 0. The van der Waals surface area contributed by atoms with Crippen LogP contribution in [0, 0.1) is 11.8 Å². The van der Waals surface area contributed by atoms with Crippen LogP contribution in [0.15, 0.2) is 0 Å². The van der Waals surface area contributed by atoms with Crippen LogP contribution in [0.2, 0.25) is 0 Å². The van der Waals surface area contributed by atoms with E-state index < -0.39 is 11.9 Å². The molecule has 0 aromatic carbocycles. The molecule has 0 bridgehead atoms. The summed E-state index contributed by atoms with van der Waals surface area (Å²) in [6.07, 6.45) is 2.21. The van der Waals surface area contributed by atoms with Gasteiger partial charge in [-0.3, -0.25) is 9.59 Å². The Morgan fingerprint density at radius 2 is 2.24 bits per heavy atom. The van der Waals surface area contributed by atoms with Gasteiger partial charge in [-0.25, -0.2) is 0 Å². The Morgan fingerprint density at radius 1 is 1.53 bits per heavy atom. The van der Waals surface area contributed by atoms with Gasteiger partial charge in [-0.1, -0.05) is 6.92 Å². The molecule has 1 fully saturated rings. The van der Waals surface area contributed by atoms with Gasteiger partial charge in [-0.05, 0) is 32.7 Å². The number of amides is 1. The van der Waals surface area contributed by atoms with Crippen molar-refractivity contribution in [3.8, 4) is 0 Å². The maximum atomic E-state index is 11.8. The van der Waals surface area contributed by atoms with Gasteiger partial charge >= 0.3 is 5.97 Å². The fourth-order valence-electron chi connectivity index (χ4n) is 2.05. The molecule has 0 aromatic heterocycles. The normalized spacial score (nSPS) is 26.2. The lowest BCUT2D eigenvalue weighted by molar-refractivity contribution is -0.141. The molecule has 1 saturated heterocycles. The fourth-order valence-corrected chi connectivity index (χ4v) is 2.05. The zero-order chi connectivity index (χ0) is 12.8. The number of carboxylic acid groups (broad SMARTS) is 1. The van der Waals surface area contributed by atoms with E-state index in [0.717, 1.165) is 19.4 Å². The van der Waals surface area contributed by atoms with Gasteiger partial charge in [-0.15, -0.1) is 0 Å². The SMILES string of the molecule is CC1CC(C(=O)NCCC(C)C(=O)O)CCN1. The second kappa shape index (κ2) is 6.59. The van der Waals surface area contributed by atoms with Crippen LogP contribution in [0.4, 0.5) is 0 Å². The molecule has 0 radical (unpaired) electrons. The molecule has 1 rings (SSSR count). The van der Waals surface area contributed by atoms with E-state index in [4.69, 9.17) is 5.11 Å². The van der Waals surface area contributed by atoms with Gasteiger partial charge in [0.25, 0.3) is 0 Å². The summed E-state index contributed by atoms with van der Waals surface area (Å²) in [5, 5.41) is 14.8. The van der Waals surface area contributed by atoms with Crippen LogP contribution < -0.4 is 10.6 Å². The lowest BCUT2D eigenvalue weighted by atomic mass is 9.92. The first-order valence-corrected chi connectivity index (χ1v) is 6.24. The number of hydrogen-bond donors (Lipinski definition) is 3. The van der Waals surface area contributed by atoms with Crippen LogP contribution in [0.5, 0.6) is 0 Å². The Kier molecular flexibility index (Phi) is 5.41. The van der Waals surface area contributed by atoms with Crippen molar-refractivity contribution < 1.29 is 14.7 Å². The first-order valence-electron chi connectivity index (χ1n) is 6.24. The molecule has 3 unspecified atom stereocenters. The summed E-state index contributed by atoms with van der Waals surface area (Å²) in [5.41, 5.74) is 0. The van der Waals surface area contributed by atoms with E-state index in [-0.39, 0.29) is 11.8 Å². The maximum absolute atomic E-state index is 11.8. The van der Waals surface area contributed by atoms with Crippen LogP contribution in [0.3, 0.4) is 0 Å². The molecule has 98 valence electrons. The number of hydrogen-bond acceptors (Lipinski definition) is 3. The van der Waals surface area contributed by atoms with Crippen LogP contribution >= 0.6 is 0 Å². The van der Waals surface area contributed by atoms with Gasteiger partial charge in [0, 0.05) is 18.5 Å². The summed E-state index contributed by atoms with van der Waals surface area (Å²) in [4.78, 5) is 22.4. The quantitative estimate of drug-likeness (QED) is 0.659. The summed E-state index contributed by atoms with van der Waals surface area (Å²) < 4.78 is 0. The molecule has 3 atom stereocenters. The minimum absolute atomic E-state index is 0.0657. The van der Waals surface area contributed by atoms with E-state index in [1.165, 1.54) is 0 Å². The summed E-state index contributed by atoms with van der Waals surface area (Å²) >= 11 is 0. The Bertz CT molecular complexity index is 281. The lowest BCUT2D eigenvalue weighted by Crippen LogP contribution is -2.42. The highest BCUT2D eigenvalue weighted by molar-refractivity contribution is 5.78. The van der Waals surface area contributed by atoms with E-state index in [1.807, 2.05) is 0 Å². The molecule has 0 aromatic rings. The van der Waals surface area contributed by atoms with Crippen molar-refractivity contribution >= 4 is 11.9 Å². The maximum Gasteiger partial charge on any atom is 0.306 e. The van der Waals surface area contributed by atoms with Crippen LogP contribution in [0.25, 0.3) is 0 Å². The molecule has 0 saturated carbocycles. The van der Waals surface area contributed by atoms with Crippen molar-refractivity contribution in [2.75, 3.05) is 13.1 Å². The van der Waals surface area contributed by atoms with Crippen molar-refractivity contribution in [2.45, 2.75) is 39.2 Å². The topological polar surface area (TPSA) is 78.4 Å². The zero-order valence-corrected chi connectivity index (χ0v) is 10.5. The van der Waals surface area contributed by atoms with Gasteiger partial charge in [0.1, 0.15) is 0 Å². The average Bonchev–Trinajstić information content (AvgIpc) is 2.28. The average molecular weight is 242 g/mol. The van der Waals surface area contributed by atoms with Gasteiger partial charge in [-0.2, -0.15) is 0 Å². The Balaban J connectivity index is 2.22. The van der Waals surface area contributed by atoms with Gasteiger partial charge in [0.2, 0.25) is 5.91 Å². The molecule has 1 heterocycles. The highest BCUT2D eigenvalue weighted by Gasteiger charge is 2.24. The van der Waals surface area contributed by atoms with Gasteiger partial charge in [0.15, 0.2) is 0 Å². The van der Waals surface area contributed by atoms with E-state index in [9.17, 15) is 9.59 Å². The van der Waals surface area contributed by atoms with Crippen molar-refractivity contribution in [3.05, 3.63) is 0 Å². The van der Waals surface area contributed by atoms with Crippen molar-refractivity contribution in [2.24, 2.45) is 11.8 Å². The van der Waals surface area contributed by atoms with Gasteiger partial charge < -0.3 is 15.7 Å². The van der Waals surface area contributed by atoms with E-state index in [2.05, 4.69) is 17.6 Å². The van der Waals surface area contributed by atoms with Gasteiger partial charge in [0.05, 0.1) is 5.92 Å². The molecule has 5 heteroatoms. The molecule has 1 amide bonds. The summed E-state index contributed by atoms with van der Waals surface area (Å²) in [5.74, 6) is -1.07. The molecule has 17 heavy (non-hydrogen) atoms. The number of piperidine rings is 1. The number of nitrogens with one attached hydrogen (secondary N) is 2. The second-order valence-electron chi connectivity index (χ2n) is 4.90. The predicted octanol–water partition coefficient (Wildman–Crippen LogP) is 0.602. The predicted molar refractivity (Wildman–Crippen MR) is 64.6 cm³/mol. The Labute approximate surface area is 102 Å². The van der Waals surface area contributed by atoms with E-state index in [1.54, 1.807) is 6.92 Å². The number of carbonyl (C=O) groups is 2. The van der Waals surface area contributed by atoms with Crippen LogP contribution in [-0.2, 0) is 9.59 Å². The number of rotatable bonds is 5. The molecular weight excluding hydrogens is 220 g/mol. The van der Waals surface area contributed by atoms with Crippen molar-refractivity contribution in [1.29, 1.82) is 0 Å². The highest BCUT2D eigenvalue weighted by atomic mass is 16.4. The van der Waals surface area contributed by atoms with E-state index in [0.29, 0.717) is 19.0 Å². The van der Waals surface area contributed by atoms with Crippen LogP contribution in [0.1, 0.15) is 33.1 Å². The van der Waals surface area contributed by atoms with Crippen LogP contribution in [-0.4, -0.2) is 36.1 Å².